The molecule has 2 N–H and O–H groups in total. The van der Waals surface area contributed by atoms with Crippen molar-refractivity contribution in [1.29, 1.82) is 0 Å². The van der Waals surface area contributed by atoms with E-state index in [-0.39, 0.29) is 34.7 Å². The predicted octanol–water partition coefficient (Wildman–Crippen LogP) is 0.373. The average molecular weight is 377 g/mol. The summed E-state index contributed by atoms with van der Waals surface area (Å²) in [6.07, 6.45) is 3.32. The molecule has 0 aromatic heterocycles. The number of halogens is 2. The molecule has 2 amide bonds. The number of alkyl halides is 2. The van der Waals surface area contributed by atoms with Crippen LogP contribution in [0.2, 0.25) is 0 Å². The molecule has 24 heavy (non-hydrogen) atoms. The van der Waals surface area contributed by atoms with Crippen LogP contribution < -0.4 is 10.6 Å². The zero-order valence-electron chi connectivity index (χ0n) is 14.2. The number of likely N-dealkylation sites (N-methyl/N-ethyl adjacent to an activating group) is 2. The summed E-state index contributed by atoms with van der Waals surface area (Å²) in [6, 6.07) is -0.965. The summed E-state index contributed by atoms with van der Waals surface area (Å²) >= 11 is 12.3. The molecule has 3 heterocycles. The number of nitrogens with zero attached hydrogens (tertiary/aromatic N) is 2. The second-order valence-corrected chi connectivity index (χ2v) is 8.40. The molecule has 8 heteroatoms. The van der Waals surface area contributed by atoms with Crippen LogP contribution >= 0.6 is 23.2 Å². The van der Waals surface area contributed by atoms with Gasteiger partial charge in [-0.1, -0.05) is 0 Å². The van der Waals surface area contributed by atoms with Gasteiger partial charge in [0.15, 0.2) is 0 Å². The summed E-state index contributed by atoms with van der Waals surface area (Å²) < 4.78 is 0. The molecule has 136 valence electrons. The first kappa shape index (κ1) is 18.2. The van der Waals surface area contributed by atoms with Crippen LogP contribution in [0.25, 0.3) is 0 Å². The Morgan fingerprint density at radius 1 is 0.792 bits per heavy atom. The number of rotatable bonds is 2. The second-order valence-electron chi connectivity index (χ2n) is 7.17. The number of amides is 2. The number of nitrogens with one attached hydrogen (secondary N) is 2. The molecule has 0 radical (unpaired) electrons. The van der Waals surface area contributed by atoms with E-state index in [0.717, 1.165) is 25.7 Å². The average Bonchev–Trinajstić information content (AvgIpc) is 2.57. The SMILES string of the molecule is CN1C(=O)C(C2CCC(Cl)CN2)N(C)C(=O)C1C1CCC(Cl)CN1. The Bertz CT molecular complexity index is 446. The Morgan fingerprint density at radius 3 is 1.46 bits per heavy atom. The summed E-state index contributed by atoms with van der Waals surface area (Å²) in [6.45, 7) is 1.35. The van der Waals surface area contributed by atoms with Crippen LogP contribution in [-0.4, -0.2) is 83.7 Å². The molecule has 0 spiro atoms. The van der Waals surface area contributed by atoms with Crippen molar-refractivity contribution in [3.8, 4) is 0 Å². The van der Waals surface area contributed by atoms with Gasteiger partial charge in [-0.05, 0) is 25.7 Å². The number of hydrogen-bond acceptors (Lipinski definition) is 4. The minimum atomic E-state index is -0.452. The molecule has 6 atom stereocenters. The first-order valence-electron chi connectivity index (χ1n) is 8.68. The van der Waals surface area contributed by atoms with E-state index in [1.54, 1.807) is 23.9 Å². The summed E-state index contributed by atoms with van der Waals surface area (Å²) in [5, 5.41) is 6.87. The van der Waals surface area contributed by atoms with Gasteiger partial charge < -0.3 is 20.4 Å². The molecule has 3 saturated heterocycles. The molecule has 0 bridgehead atoms. The lowest BCUT2D eigenvalue weighted by Gasteiger charge is -2.48. The van der Waals surface area contributed by atoms with Gasteiger partial charge in [0.25, 0.3) is 0 Å². The van der Waals surface area contributed by atoms with Crippen LogP contribution in [0.15, 0.2) is 0 Å². The number of hydrogen-bond donors (Lipinski definition) is 2. The molecule has 6 nitrogen and oxygen atoms in total. The van der Waals surface area contributed by atoms with Crippen molar-refractivity contribution >= 4 is 35.0 Å². The van der Waals surface area contributed by atoms with Crippen LogP contribution in [-0.2, 0) is 9.59 Å². The Labute approximate surface area is 153 Å². The topological polar surface area (TPSA) is 64.7 Å². The monoisotopic (exact) mass is 376 g/mol. The smallest absolute Gasteiger partial charge is 0.247 e. The van der Waals surface area contributed by atoms with Crippen molar-refractivity contribution in [2.24, 2.45) is 0 Å². The van der Waals surface area contributed by atoms with Gasteiger partial charge in [-0.25, -0.2) is 0 Å². The highest BCUT2D eigenvalue weighted by molar-refractivity contribution is 6.21. The van der Waals surface area contributed by atoms with Crippen molar-refractivity contribution in [3.63, 3.8) is 0 Å². The number of carbonyl (C=O) groups excluding carboxylic acids is 2. The molecule has 0 aromatic rings. The molecule has 6 unspecified atom stereocenters. The largest absolute Gasteiger partial charge is 0.330 e. The van der Waals surface area contributed by atoms with Crippen LogP contribution in [0.5, 0.6) is 0 Å². The van der Waals surface area contributed by atoms with Gasteiger partial charge in [-0.3, -0.25) is 9.59 Å². The highest BCUT2D eigenvalue weighted by atomic mass is 35.5. The summed E-state index contributed by atoms with van der Waals surface area (Å²) in [5.41, 5.74) is 0. The van der Waals surface area contributed by atoms with Gasteiger partial charge >= 0.3 is 0 Å². The fraction of sp³-hybridized carbons (Fsp3) is 0.875. The van der Waals surface area contributed by atoms with Crippen molar-refractivity contribution in [1.82, 2.24) is 20.4 Å². The molecule has 0 aromatic carbocycles. The Hall–Kier alpha value is -0.560. The van der Waals surface area contributed by atoms with Crippen molar-refractivity contribution in [3.05, 3.63) is 0 Å². The van der Waals surface area contributed by atoms with Crippen molar-refractivity contribution in [2.75, 3.05) is 27.2 Å². The zero-order valence-corrected chi connectivity index (χ0v) is 15.7. The predicted molar refractivity (Wildman–Crippen MR) is 94.4 cm³/mol. The van der Waals surface area contributed by atoms with Gasteiger partial charge in [-0.15, -0.1) is 23.2 Å². The molecule has 0 aliphatic carbocycles. The molecule has 3 aliphatic rings. The minimum absolute atomic E-state index is 0.00224. The third-order valence-corrected chi connectivity index (χ3v) is 6.33. The van der Waals surface area contributed by atoms with E-state index in [9.17, 15) is 9.59 Å². The van der Waals surface area contributed by atoms with Crippen LogP contribution in [0, 0.1) is 0 Å². The lowest BCUT2D eigenvalue weighted by atomic mass is 9.89. The van der Waals surface area contributed by atoms with Gasteiger partial charge in [0.1, 0.15) is 12.1 Å². The van der Waals surface area contributed by atoms with E-state index in [1.807, 2.05) is 0 Å². The van der Waals surface area contributed by atoms with E-state index in [1.165, 1.54) is 0 Å². The first-order chi connectivity index (χ1) is 11.4. The van der Waals surface area contributed by atoms with Gasteiger partial charge in [0, 0.05) is 50.0 Å². The van der Waals surface area contributed by atoms with Crippen LogP contribution in [0.4, 0.5) is 0 Å². The van der Waals surface area contributed by atoms with Gasteiger partial charge in [-0.2, -0.15) is 0 Å². The number of piperidine rings is 2. The summed E-state index contributed by atoms with van der Waals surface area (Å²) in [7, 11) is 3.49. The second kappa shape index (κ2) is 7.36. The fourth-order valence-electron chi connectivity index (χ4n) is 4.13. The van der Waals surface area contributed by atoms with Gasteiger partial charge in [0.2, 0.25) is 11.8 Å². The number of piperazine rings is 1. The maximum Gasteiger partial charge on any atom is 0.247 e. The van der Waals surface area contributed by atoms with E-state index in [4.69, 9.17) is 23.2 Å². The molecule has 3 aliphatic heterocycles. The summed E-state index contributed by atoms with van der Waals surface area (Å²) in [4.78, 5) is 29.2. The number of carbonyl (C=O) groups is 2. The van der Waals surface area contributed by atoms with E-state index >= 15 is 0 Å². The molecular weight excluding hydrogens is 351 g/mol. The maximum atomic E-state index is 13.0. The van der Waals surface area contributed by atoms with E-state index < -0.39 is 12.1 Å². The standard InChI is InChI=1S/C16H26Cl2N4O2/c1-21-13(11-5-3-9(17)7-19-11)16(24)22(2)14(15(21)23)12-6-4-10(18)8-20-12/h9-14,19-20H,3-8H2,1-2H3. The summed E-state index contributed by atoms with van der Waals surface area (Å²) in [5.74, 6) is 0.00448. The third kappa shape index (κ3) is 3.39. The maximum absolute atomic E-state index is 13.0. The molecule has 3 rings (SSSR count). The quantitative estimate of drug-likeness (QED) is 0.683. The van der Waals surface area contributed by atoms with Gasteiger partial charge in [0.05, 0.1) is 0 Å². The molecular formula is C16H26Cl2N4O2. The minimum Gasteiger partial charge on any atom is -0.330 e. The Balaban J connectivity index is 1.74. The highest BCUT2D eigenvalue weighted by Gasteiger charge is 2.49. The van der Waals surface area contributed by atoms with E-state index in [0.29, 0.717) is 13.1 Å². The molecule has 0 saturated carbocycles. The first-order valence-corrected chi connectivity index (χ1v) is 9.55. The van der Waals surface area contributed by atoms with E-state index in [2.05, 4.69) is 10.6 Å². The highest BCUT2D eigenvalue weighted by Crippen LogP contribution is 2.27. The lowest BCUT2D eigenvalue weighted by Crippen LogP contribution is -2.72. The fourth-order valence-corrected chi connectivity index (χ4v) is 4.56. The Kier molecular flexibility index (Phi) is 5.59. The lowest BCUT2D eigenvalue weighted by molar-refractivity contribution is -0.161. The zero-order chi connectivity index (χ0) is 17.4. The van der Waals surface area contributed by atoms with Crippen LogP contribution in [0.1, 0.15) is 25.7 Å². The third-order valence-electron chi connectivity index (χ3n) is 5.58. The molecule has 3 fully saturated rings. The van der Waals surface area contributed by atoms with Crippen molar-refractivity contribution < 1.29 is 9.59 Å². The van der Waals surface area contributed by atoms with Crippen LogP contribution in [0.3, 0.4) is 0 Å². The van der Waals surface area contributed by atoms with Crippen molar-refractivity contribution in [2.45, 2.75) is 60.6 Å². The Morgan fingerprint density at radius 2 is 1.17 bits per heavy atom. The normalized spacial score (nSPS) is 41.7.